The zero-order valence-electron chi connectivity index (χ0n) is 18.7. The van der Waals surface area contributed by atoms with E-state index in [4.69, 9.17) is 4.74 Å². The molecule has 0 bridgehead atoms. The lowest BCUT2D eigenvalue weighted by molar-refractivity contribution is -0.193. The highest BCUT2D eigenvalue weighted by Crippen LogP contribution is 2.46. The number of hydrogen-bond donors (Lipinski definition) is 1. The molecule has 2 atom stereocenters. The van der Waals surface area contributed by atoms with Gasteiger partial charge in [0, 0.05) is 17.4 Å². The Balaban J connectivity index is 1.76. The van der Waals surface area contributed by atoms with Crippen molar-refractivity contribution in [2.75, 3.05) is 0 Å². The van der Waals surface area contributed by atoms with Crippen molar-refractivity contribution < 1.29 is 14.6 Å². The number of carbonyl (C=O) groups is 1. The standard InChI is InChI=1S/C28H33NO3/c29-21-27(22-13-5-1-6-14-22,23-15-7-2-8-16-23)32-26(30)28(31,24-17-9-3-10-18-24)25-19-11-4-12-20-25/h1,3,5-6,9-10,13-14,17-18,23,25,31H,2,4,7-8,11-12,15-16,19-20H2/t27?,28-/m1/s1. The van der Waals surface area contributed by atoms with Crippen LogP contribution in [0.1, 0.15) is 75.3 Å². The third kappa shape index (κ3) is 4.19. The van der Waals surface area contributed by atoms with Crippen LogP contribution in [0.2, 0.25) is 0 Å². The van der Waals surface area contributed by atoms with Crippen molar-refractivity contribution in [1.29, 1.82) is 5.26 Å². The topological polar surface area (TPSA) is 70.3 Å². The number of nitrogens with zero attached hydrogens (tertiary/aromatic N) is 1. The number of hydrogen-bond acceptors (Lipinski definition) is 4. The zero-order valence-corrected chi connectivity index (χ0v) is 18.7. The van der Waals surface area contributed by atoms with E-state index in [2.05, 4.69) is 6.07 Å². The van der Waals surface area contributed by atoms with Gasteiger partial charge < -0.3 is 9.84 Å². The van der Waals surface area contributed by atoms with Crippen LogP contribution in [0.15, 0.2) is 60.7 Å². The molecule has 2 aromatic carbocycles. The van der Waals surface area contributed by atoms with Crippen molar-refractivity contribution in [2.45, 2.75) is 75.4 Å². The van der Waals surface area contributed by atoms with E-state index in [1.807, 2.05) is 48.5 Å². The van der Waals surface area contributed by atoms with Crippen LogP contribution in [0.25, 0.3) is 0 Å². The fraction of sp³-hybridized carbons (Fsp3) is 0.500. The molecule has 0 heterocycles. The lowest BCUT2D eigenvalue weighted by atomic mass is 9.72. The summed E-state index contributed by atoms with van der Waals surface area (Å²) in [5.41, 5.74) is -1.90. The Bertz CT molecular complexity index is 926. The number of ether oxygens (including phenoxy) is 1. The smallest absolute Gasteiger partial charge is 0.345 e. The summed E-state index contributed by atoms with van der Waals surface area (Å²) in [4.78, 5) is 13.9. The highest BCUT2D eigenvalue weighted by Gasteiger charge is 2.53. The fourth-order valence-corrected chi connectivity index (χ4v) is 5.71. The first-order chi connectivity index (χ1) is 15.6. The molecule has 2 fully saturated rings. The number of benzene rings is 2. The molecule has 0 amide bonds. The molecule has 4 rings (SSSR count). The first-order valence-corrected chi connectivity index (χ1v) is 12.1. The Labute approximate surface area is 191 Å². The quantitative estimate of drug-likeness (QED) is 0.570. The molecule has 0 saturated heterocycles. The van der Waals surface area contributed by atoms with E-state index in [0.717, 1.165) is 64.2 Å². The van der Waals surface area contributed by atoms with Crippen LogP contribution in [0.4, 0.5) is 0 Å². The van der Waals surface area contributed by atoms with Gasteiger partial charge in [0.2, 0.25) is 5.60 Å². The number of aliphatic hydroxyl groups is 1. The van der Waals surface area contributed by atoms with Crippen LogP contribution < -0.4 is 0 Å². The number of nitriles is 1. The van der Waals surface area contributed by atoms with Crippen molar-refractivity contribution >= 4 is 5.97 Å². The lowest BCUT2D eigenvalue weighted by Crippen LogP contribution is -2.50. The molecular formula is C28H33NO3. The minimum atomic E-state index is -1.76. The van der Waals surface area contributed by atoms with Crippen molar-refractivity contribution in [1.82, 2.24) is 0 Å². The van der Waals surface area contributed by atoms with E-state index in [1.54, 1.807) is 12.1 Å². The minimum absolute atomic E-state index is 0.0843. The Morgan fingerprint density at radius 2 is 1.25 bits per heavy atom. The van der Waals surface area contributed by atoms with Crippen molar-refractivity contribution in [3.8, 4) is 6.07 Å². The molecule has 2 aromatic rings. The van der Waals surface area contributed by atoms with E-state index in [0.29, 0.717) is 11.1 Å². The van der Waals surface area contributed by atoms with Crippen molar-refractivity contribution in [3.63, 3.8) is 0 Å². The average molecular weight is 432 g/mol. The maximum absolute atomic E-state index is 13.9. The number of rotatable bonds is 6. The summed E-state index contributed by atoms with van der Waals surface area (Å²) in [5, 5.41) is 22.5. The van der Waals surface area contributed by atoms with E-state index in [1.165, 1.54) is 0 Å². The van der Waals surface area contributed by atoms with Gasteiger partial charge in [0.05, 0.1) is 0 Å². The predicted molar refractivity (Wildman–Crippen MR) is 123 cm³/mol. The maximum Gasteiger partial charge on any atom is 0.345 e. The third-order valence-corrected chi connectivity index (χ3v) is 7.52. The first kappa shape index (κ1) is 22.6. The molecule has 32 heavy (non-hydrogen) atoms. The molecule has 2 saturated carbocycles. The molecule has 168 valence electrons. The monoisotopic (exact) mass is 431 g/mol. The van der Waals surface area contributed by atoms with Gasteiger partial charge in [-0.3, -0.25) is 0 Å². The molecule has 4 nitrogen and oxygen atoms in total. The molecule has 2 aliphatic rings. The van der Waals surface area contributed by atoms with Gasteiger partial charge in [-0.1, -0.05) is 99.2 Å². The molecule has 1 N–H and O–H groups in total. The van der Waals surface area contributed by atoms with Crippen LogP contribution >= 0.6 is 0 Å². The Morgan fingerprint density at radius 3 is 1.75 bits per heavy atom. The highest BCUT2D eigenvalue weighted by molar-refractivity contribution is 5.82. The summed E-state index contributed by atoms with van der Waals surface area (Å²) in [6.07, 6.45) is 9.47. The largest absolute Gasteiger partial charge is 0.436 e. The summed E-state index contributed by atoms with van der Waals surface area (Å²) in [5.74, 6) is -0.991. The maximum atomic E-state index is 13.9. The molecule has 0 aromatic heterocycles. The second-order valence-electron chi connectivity index (χ2n) is 9.41. The van der Waals surface area contributed by atoms with Gasteiger partial charge in [0.1, 0.15) is 6.07 Å². The fourth-order valence-electron chi connectivity index (χ4n) is 5.71. The summed E-state index contributed by atoms with van der Waals surface area (Å²) in [6.45, 7) is 0. The van der Waals surface area contributed by atoms with Gasteiger partial charge in [0.25, 0.3) is 0 Å². The number of carbonyl (C=O) groups excluding carboxylic acids is 1. The minimum Gasteiger partial charge on any atom is -0.436 e. The van der Waals surface area contributed by atoms with Crippen LogP contribution in [0.5, 0.6) is 0 Å². The van der Waals surface area contributed by atoms with Gasteiger partial charge in [-0.25, -0.2) is 4.79 Å². The SMILES string of the molecule is N#CC(OC(=O)[C@@](O)(c1ccccc1)C1CCCCC1)(c1ccccc1)C1CCCCC1. The summed E-state index contributed by atoms with van der Waals surface area (Å²) < 4.78 is 6.24. The normalized spacial score (nSPS) is 21.6. The number of esters is 1. The zero-order chi connectivity index (χ0) is 22.4. The molecule has 0 spiro atoms. The van der Waals surface area contributed by atoms with E-state index >= 15 is 0 Å². The molecule has 1 unspecified atom stereocenters. The van der Waals surface area contributed by atoms with Gasteiger partial charge in [0.15, 0.2) is 5.60 Å². The van der Waals surface area contributed by atoms with E-state index in [-0.39, 0.29) is 11.8 Å². The Morgan fingerprint density at radius 1 is 0.781 bits per heavy atom. The summed E-state index contributed by atoms with van der Waals surface area (Å²) >= 11 is 0. The molecular weight excluding hydrogens is 398 g/mol. The van der Waals surface area contributed by atoms with Crippen LogP contribution in [0, 0.1) is 23.2 Å². The summed E-state index contributed by atoms with van der Waals surface area (Å²) in [7, 11) is 0. The Kier molecular flexibility index (Phi) is 6.96. The Hall–Kier alpha value is -2.64. The third-order valence-electron chi connectivity index (χ3n) is 7.52. The second-order valence-corrected chi connectivity index (χ2v) is 9.41. The molecule has 4 heteroatoms. The van der Waals surface area contributed by atoms with Crippen LogP contribution in [-0.2, 0) is 20.7 Å². The highest BCUT2D eigenvalue weighted by atomic mass is 16.6. The van der Waals surface area contributed by atoms with Gasteiger partial charge in [-0.2, -0.15) is 5.26 Å². The van der Waals surface area contributed by atoms with Crippen LogP contribution in [0.3, 0.4) is 0 Å². The molecule has 2 aliphatic carbocycles. The van der Waals surface area contributed by atoms with Gasteiger partial charge in [-0.05, 0) is 31.2 Å². The average Bonchev–Trinajstić information content (AvgIpc) is 2.88. The van der Waals surface area contributed by atoms with Crippen molar-refractivity contribution in [3.05, 3.63) is 71.8 Å². The molecule has 0 radical (unpaired) electrons. The van der Waals surface area contributed by atoms with Crippen molar-refractivity contribution in [2.24, 2.45) is 11.8 Å². The summed E-state index contributed by atoms with van der Waals surface area (Å²) in [6, 6.07) is 20.9. The van der Waals surface area contributed by atoms with Crippen LogP contribution in [-0.4, -0.2) is 11.1 Å². The predicted octanol–water partition coefficient (Wildman–Crippen LogP) is 6.00. The van der Waals surface area contributed by atoms with Gasteiger partial charge >= 0.3 is 5.97 Å². The molecule has 0 aliphatic heterocycles. The second kappa shape index (κ2) is 9.88. The van der Waals surface area contributed by atoms with Gasteiger partial charge in [-0.15, -0.1) is 0 Å². The first-order valence-electron chi connectivity index (χ1n) is 12.1. The van der Waals surface area contributed by atoms with E-state index in [9.17, 15) is 15.2 Å². The lowest BCUT2D eigenvalue weighted by Gasteiger charge is -2.42. The van der Waals surface area contributed by atoms with E-state index < -0.39 is 17.2 Å².